The standard InChI is InChI=1S/C12H17NO/c1-13-6-4-11-8-10(5-7-14)2-3-12(11)9-13/h2-3,8,14H,4-7,9H2,1H3. The van der Waals surface area contributed by atoms with E-state index in [9.17, 15) is 0 Å². The van der Waals surface area contributed by atoms with E-state index < -0.39 is 0 Å². The fourth-order valence-corrected chi connectivity index (χ4v) is 2.03. The van der Waals surface area contributed by atoms with Crippen LogP contribution in [0, 0.1) is 0 Å². The van der Waals surface area contributed by atoms with Crippen molar-refractivity contribution in [2.45, 2.75) is 19.4 Å². The zero-order chi connectivity index (χ0) is 9.97. The van der Waals surface area contributed by atoms with E-state index in [1.807, 2.05) is 0 Å². The largest absolute Gasteiger partial charge is 0.396 e. The van der Waals surface area contributed by atoms with Crippen LogP contribution in [0.1, 0.15) is 16.7 Å². The zero-order valence-electron chi connectivity index (χ0n) is 8.66. The minimum atomic E-state index is 0.249. The summed E-state index contributed by atoms with van der Waals surface area (Å²) in [5.74, 6) is 0. The van der Waals surface area contributed by atoms with E-state index in [-0.39, 0.29) is 6.61 Å². The first-order valence-corrected chi connectivity index (χ1v) is 5.19. The van der Waals surface area contributed by atoms with Gasteiger partial charge >= 0.3 is 0 Å². The quantitative estimate of drug-likeness (QED) is 0.759. The summed E-state index contributed by atoms with van der Waals surface area (Å²) in [6.07, 6.45) is 1.92. The molecule has 0 amide bonds. The maximum absolute atomic E-state index is 8.86. The number of nitrogens with zero attached hydrogens (tertiary/aromatic N) is 1. The first-order chi connectivity index (χ1) is 6.79. The minimum Gasteiger partial charge on any atom is -0.396 e. The first kappa shape index (κ1) is 9.69. The van der Waals surface area contributed by atoms with Crippen LogP contribution in [0.25, 0.3) is 0 Å². The molecule has 0 atom stereocenters. The summed E-state index contributed by atoms with van der Waals surface area (Å²) in [6, 6.07) is 6.59. The van der Waals surface area contributed by atoms with Crippen molar-refractivity contribution in [1.29, 1.82) is 0 Å². The predicted molar refractivity (Wildman–Crippen MR) is 57.3 cm³/mol. The van der Waals surface area contributed by atoms with E-state index in [1.54, 1.807) is 0 Å². The fraction of sp³-hybridized carbons (Fsp3) is 0.500. The van der Waals surface area contributed by atoms with Crippen molar-refractivity contribution in [3.63, 3.8) is 0 Å². The number of likely N-dealkylation sites (N-methyl/N-ethyl adjacent to an activating group) is 1. The zero-order valence-corrected chi connectivity index (χ0v) is 8.66. The highest BCUT2D eigenvalue weighted by molar-refractivity contribution is 5.33. The number of aliphatic hydroxyl groups excluding tert-OH is 1. The van der Waals surface area contributed by atoms with E-state index in [4.69, 9.17) is 5.11 Å². The molecule has 76 valence electrons. The van der Waals surface area contributed by atoms with Crippen molar-refractivity contribution in [3.05, 3.63) is 34.9 Å². The average molecular weight is 191 g/mol. The van der Waals surface area contributed by atoms with Crippen molar-refractivity contribution in [1.82, 2.24) is 4.90 Å². The molecule has 2 heteroatoms. The lowest BCUT2D eigenvalue weighted by Crippen LogP contribution is -2.26. The Kier molecular flexibility index (Phi) is 2.85. The van der Waals surface area contributed by atoms with Gasteiger partial charge in [-0.2, -0.15) is 0 Å². The number of rotatable bonds is 2. The van der Waals surface area contributed by atoms with Gasteiger partial charge in [-0.1, -0.05) is 18.2 Å². The molecule has 0 unspecified atom stereocenters. The second-order valence-electron chi connectivity index (χ2n) is 4.06. The number of aliphatic hydroxyl groups is 1. The van der Waals surface area contributed by atoms with Crippen LogP contribution in [0.3, 0.4) is 0 Å². The van der Waals surface area contributed by atoms with Crippen LogP contribution in [-0.4, -0.2) is 30.2 Å². The Hall–Kier alpha value is -0.860. The lowest BCUT2D eigenvalue weighted by Gasteiger charge is -2.25. The third kappa shape index (κ3) is 1.97. The van der Waals surface area contributed by atoms with Gasteiger partial charge in [0.2, 0.25) is 0 Å². The Morgan fingerprint density at radius 1 is 1.36 bits per heavy atom. The number of benzene rings is 1. The summed E-state index contributed by atoms with van der Waals surface area (Å²) in [6.45, 7) is 2.46. The van der Waals surface area contributed by atoms with Gasteiger partial charge in [0.15, 0.2) is 0 Å². The Balaban J connectivity index is 2.22. The molecule has 2 nitrogen and oxygen atoms in total. The second-order valence-corrected chi connectivity index (χ2v) is 4.06. The molecule has 1 aromatic rings. The third-order valence-electron chi connectivity index (χ3n) is 2.87. The van der Waals surface area contributed by atoms with Gasteiger partial charge in [0, 0.05) is 19.7 Å². The Labute approximate surface area is 85.2 Å². The molecular weight excluding hydrogens is 174 g/mol. The van der Waals surface area contributed by atoms with Crippen LogP contribution in [0.2, 0.25) is 0 Å². The van der Waals surface area contributed by atoms with E-state index in [1.165, 1.54) is 16.7 Å². The van der Waals surface area contributed by atoms with E-state index >= 15 is 0 Å². The van der Waals surface area contributed by atoms with Gasteiger partial charge in [0.1, 0.15) is 0 Å². The normalized spacial score (nSPS) is 16.7. The number of hydrogen-bond donors (Lipinski definition) is 1. The Bertz CT molecular complexity index is 322. The van der Waals surface area contributed by atoms with Crippen molar-refractivity contribution in [2.75, 3.05) is 20.2 Å². The van der Waals surface area contributed by atoms with Gasteiger partial charge in [-0.25, -0.2) is 0 Å². The van der Waals surface area contributed by atoms with Gasteiger partial charge in [-0.3, -0.25) is 0 Å². The van der Waals surface area contributed by atoms with Crippen molar-refractivity contribution >= 4 is 0 Å². The van der Waals surface area contributed by atoms with Crippen LogP contribution in [0.15, 0.2) is 18.2 Å². The molecule has 1 aliphatic rings. The van der Waals surface area contributed by atoms with Gasteiger partial charge < -0.3 is 10.0 Å². The van der Waals surface area contributed by atoms with Crippen LogP contribution in [0.5, 0.6) is 0 Å². The molecular formula is C12H17NO. The molecule has 0 radical (unpaired) electrons. The van der Waals surface area contributed by atoms with Crippen LogP contribution >= 0.6 is 0 Å². The van der Waals surface area contributed by atoms with Crippen molar-refractivity contribution in [2.24, 2.45) is 0 Å². The first-order valence-electron chi connectivity index (χ1n) is 5.19. The van der Waals surface area contributed by atoms with E-state index in [0.29, 0.717) is 0 Å². The SMILES string of the molecule is CN1CCc2cc(CCO)ccc2C1. The minimum absolute atomic E-state index is 0.249. The lowest BCUT2D eigenvalue weighted by atomic mass is 9.97. The van der Waals surface area contributed by atoms with Crippen molar-refractivity contribution < 1.29 is 5.11 Å². The van der Waals surface area contributed by atoms with Gasteiger partial charge in [0.05, 0.1) is 0 Å². The molecule has 0 spiro atoms. The summed E-state index contributed by atoms with van der Waals surface area (Å²) in [4.78, 5) is 2.34. The highest BCUT2D eigenvalue weighted by Gasteiger charge is 2.12. The second kappa shape index (κ2) is 4.11. The molecule has 1 aliphatic heterocycles. The highest BCUT2D eigenvalue weighted by atomic mass is 16.2. The van der Waals surface area contributed by atoms with Gasteiger partial charge in [0.25, 0.3) is 0 Å². The summed E-state index contributed by atoms with van der Waals surface area (Å²) in [5.41, 5.74) is 4.17. The van der Waals surface area contributed by atoms with Crippen LogP contribution in [0.4, 0.5) is 0 Å². The number of fused-ring (bicyclic) bond motifs is 1. The van der Waals surface area contributed by atoms with Gasteiger partial charge in [-0.15, -0.1) is 0 Å². The molecule has 1 N–H and O–H groups in total. The summed E-state index contributed by atoms with van der Waals surface area (Å²) < 4.78 is 0. The van der Waals surface area contributed by atoms with Gasteiger partial charge in [-0.05, 0) is 36.6 Å². The van der Waals surface area contributed by atoms with Crippen LogP contribution in [-0.2, 0) is 19.4 Å². The Morgan fingerprint density at radius 3 is 3.00 bits per heavy atom. The molecule has 0 saturated carbocycles. The molecule has 0 aliphatic carbocycles. The average Bonchev–Trinajstić information content (AvgIpc) is 2.19. The molecule has 0 aromatic heterocycles. The molecule has 0 saturated heterocycles. The Morgan fingerprint density at radius 2 is 2.21 bits per heavy atom. The summed E-state index contributed by atoms with van der Waals surface area (Å²) in [5, 5.41) is 8.86. The predicted octanol–water partition coefficient (Wildman–Crippen LogP) is 1.21. The van der Waals surface area contributed by atoms with E-state index in [0.717, 1.165) is 25.9 Å². The van der Waals surface area contributed by atoms with Crippen molar-refractivity contribution in [3.8, 4) is 0 Å². The molecule has 1 aromatic carbocycles. The maximum Gasteiger partial charge on any atom is 0.0471 e. The summed E-state index contributed by atoms with van der Waals surface area (Å²) >= 11 is 0. The smallest absolute Gasteiger partial charge is 0.0471 e. The monoisotopic (exact) mass is 191 g/mol. The van der Waals surface area contributed by atoms with Crippen LogP contribution < -0.4 is 0 Å². The highest BCUT2D eigenvalue weighted by Crippen LogP contribution is 2.19. The fourth-order valence-electron chi connectivity index (χ4n) is 2.03. The molecule has 14 heavy (non-hydrogen) atoms. The maximum atomic E-state index is 8.86. The molecule has 0 bridgehead atoms. The third-order valence-corrected chi connectivity index (χ3v) is 2.87. The summed E-state index contributed by atoms with van der Waals surface area (Å²) in [7, 11) is 2.16. The van der Waals surface area contributed by atoms with E-state index in [2.05, 4.69) is 30.1 Å². The molecule has 1 heterocycles. The topological polar surface area (TPSA) is 23.5 Å². The number of hydrogen-bond acceptors (Lipinski definition) is 2. The molecule has 2 rings (SSSR count). The lowest BCUT2D eigenvalue weighted by molar-refractivity contribution is 0.299. The molecule has 0 fully saturated rings.